The Hall–Kier alpha value is -8.18. The number of piperidine rings is 2. The molecule has 22 heteroatoms. The predicted molar refractivity (Wildman–Crippen MR) is 290 cm³/mol. The molecule has 1 atom stereocenters. The molecule has 3 aliphatic rings. The Morgan fingerprint density at radius 1 is 0.909 bits per heavy atom. The summed E-state index contributed by atoms with van der Waals surface area (Å²) in [5.41, 5.74) is 12.0. The molecule has 3 aliphatic heterocycles. The first-order valence-electron chi connectivity index (χ1n) is 26.0. The van der Waals surface area contributed by atoms with Crippen LogP contribution in [0.25, 0.3) is 27.7 Å². The molecule has 3 aromatic heterocycles. The van der Waals surface area contributed by atoms with Gasteiger partial charge in [0.15, 0.2) is 5.65 Å². The highest BCUT2D eigenvalue weighted by molar-refractivity contribution is 6.25. The van der Waals surface area contributed by atoms with E-state index in [2.05, 4.69) is 62.6 Å². The number of nitrogens with one attached hydrogen (secondary N) is 5. The largest absolute Gasteiger partial charge is 0.378 e. The maximum absolute atomic E-state index is 13.3. The number of hydrogen-bond donors (Lipinski definition) is 6. The molecule has 6 aromatic rings. The quantitative estimate of drug-likeness (QED) is 0.0300. The molecule has 402 valence electrons. The van der Waals surface area contributed by atoms with E-state index in [1.165, 1.54) is 12.1 Å². The number of aromatic nitrogens is 5. The predicted octanol–water partition coefficient (Wildman–Crippen LogP) is 4.09. The Balaban J connectivity index is 0.677. The smallest absolute Gasteiger partial charge is 0.264 e. The average molecular weight is 1050 g/mol. The van der Waals surface area contributed by atoms with Gasteiger partial charge in [0, 0.05) is 91.9 Å². The van der Waals surface area contributed by atoms with E-state index in [1.54, 1.807) is 28.9 Å². The number of carbonyl (C=O) groups is 6. The van der Waals surface area contributed by atoms with Gasteiger partial charge in [-0.05, 0) is 73.5 Å². The minimum absolute atomic E-state index is 0.0171. The van der Waals surface area contributed by atoms with Gasteiger partial charge in [0.25, 0.3) is 11.8 Å². The molecular formula is C55H64N14O8. The van der Waals surface area contributed by atoms with Crippen LogP contribution in [0.5, 0.6) is 0 Å². The lowest BCUT2D eigenvalue weighted by Gasteiger charge is -2.30. The summed E-state index contributed by atoms with van der Waals surface area (Å²) in [5, 5.41) is 20.9. The number of benzene rings is 3. The third-order valence-electron chi connectivity index (χ3n) is 13.7. The second kappa shape index (κ2) is 24.7. The summed E-state index contributed by atoms with van der Waals surface area (Å²) in [6.45, 7) is 8.93. The molecule has 77 heavy (non-hydrogen) atoms. The van der Waals surface area contributed by atoms with Gasteiger partial charge in [-0.3, -0.25) is 44.0 Å². The fourth-order valence-electron chi connectivity index (χ4n) is 9.52. The third-order valence-corrected chi connectivity index (χ3v) is 13.7. The zero-order valence-electron chi connectivity index (χ0n) is 43.4. The maximum atomic E-state index is 13.3. The number of anilines is 4. The average Bonchev–Trinajstić information content (AvgIpc) is 4.00. The Labute approximate surface area is 445 Å². The van der Waals surface area contributed by atoms with Crippen LogP contribution in [0.2, 0.25) is 0 Å². The fraction of sp³-hybridized carbons (Fsp3) is 0.382. The third kappa shape index (κ3) is 12.7. The number of nitrogens with two attached hydrogens (primary N) is 1. The summed E-state index contributed by atoms with van der Waals surface area (Å²) < 4.78 is 13.1. The molecule has 0 bridgehead atoms. The van der Waals surface area contributed by atoms with Gasteiger partial charge in [0.1, 0.15) is 6.04 Å². The Kier molecular flexibility index (Phi) is 17.2. The Morgan fingerprint density at radius 2 is 1.70 bits per heavy atom. The lowest BCUT2D eigenvalue weighted by molar-refractivity contribution is -0.136. The van der Waals surface area contributed by atoms with Crippen molar-refractivity contribution in [1.29, 1.82) is 0 Å². The van der Waals surface area contributed by atoms with Gasteiger partial charge >= 0.3 is 0 Å². The number of imide groups is 2. The molecule has 2 fully saturated rings. The Morgan fingerprint density at radius 3 is 2.51 bits per heavy atom. The van der Waals surface area contributed by atoms with Crippen molar-refractivity contribution in [2.24, 2.45) is 5.73 Å². The summed E-state index contributed by atoms with van der Waals surface area (Å²) in [5.74, 6) is -1.53. The first kappa shape index (κ1) is 53.6. The van der Waals surface area contributed by atoms with Crippen molar-refractivity contribution < 1.29 is 38.2 Å². The van der Waals surface area contributed by atoms with E-state index in [9.17, 15) is 28.8 Å². The maximum Gasteiger partial charge on any atom is 0.264 e. The van der Waals surface area contributed by atoms with E-state index in [0.717, 1.165) is 69.6 Å². The number of amides is 6. The molecule has 0 spiro atoms. The normalized spacial score (nSPS) is 16.1. The van der Waals surface area contributed by atoms with Crippen LogP contribution in [-0.4, -0.2) is 155 Å². The molecule has 0 radical (unpaired) electrons. The van der Waals surface area contributed by atoms with Gasteiger partial charge in [-0.1, -0.05) is 56.3 Å². The van der Waals surface area contributed by atoms with E-state index in [-0.39, 0.29) is 73.1 Å². The minimum atomic E-state index is -1.09. The molecule has 6 amide bonds. The van der Waals surface area contributed by atoms with Crippen molar-refractivity contribution in [3.8, 4) is 11.3 Å². The van der Waals surface area contributed by atoms with Gasteiger partial charge in [-0.2, -0.15) is 19.6 Å². The summed E-state index contributed by atoms with van der Waals surface area (Å²) >= 11 is 0. The van der Waals surface area contributed by atoms with E-state index < -0.39 is 29.7 Å². The van der Waals surface area contributed by atoms with Crippen LogP contribution in [0.1, 0.15) is 77.3 Å². The van der Waals surface area contributed by atoms with E-state index >= 15 is 0 Å². The van der Waals surface area contributed by atoms with Crippen molar-refractivity contribution in [2.45, 2.75) is 64.1 Å². The van der Waals surface area contributed by atoms with Crippen LogP contribution in [0.3, 0.4) is 0 Å². The number of pyridine rings is 1. The molecular weight excluding hydrogens is 985 g/mol. The van der Waals surface area contributed by atoms with Gasteiger partial charge in [0.05, 0.1) is 56.0 Å². The lowest BCUT2D eigenvalue weighted by Crippen LogP contribution is -2.54. The molecule has 1 unspecified atom stereocenters. The monoisotopic (exact) mass is 1050 g/mol. The number of fused-ring (bicyclic) bond motifs is 3. The summed E-state index contributed by atoms with van der Waals surface area (Å²) in [6.07, 6.45) is 8.81. The SMILES string of the molecule is CC(C)c1cnn2c(NCc3ccccc3-c3nccc4cc(NC(=O)/C=C/CN(C)CCOCCOCCNC(=O)CNc5cccc6c5C(=O)N(C5CCC(=O)NC5=O)C6=O)ccc34)nc(N3CCC(N)CC3)nc12. The van der Waals surface area contributed by atoms with Gasteiger partial charge < -0.3 is 46.3 Å². The molecule has 2 saturated heterocycles. The Bertz CT molecular complexity index is 3210. The minimum Gasteiger partial charge on any atom is -0.378 e. The highest BCUT2D eigenvalue weighted by atomic mass is 16.5. The summed E-state index contributed by atoms with van der Waals surface area (Å²) in [4.78, 5) is 95.8. The number of nitrogens with zero attached hydrogens (tertiary/aromatic N) is 8. The number of rotatable bonds is 23. The zero-order chi connectivity index (χ0) is 54.0. The highest BCUT2D eigenvalue weighted by Gasteiger charge is 2.45. The van der Waals surface area contributed by atoms with Crippen molar-refractivity contribution >= 4 is 75.1 Å². The van der Waals surface area contributed by atoms with E-state index in [1.807, 2.05) is 54.5 Å². The molecule has 0 aliphatic carbocycles. The second-order valence-electron chi connectivity index (χ2n) is 19.5. The van der Waals surface area contributed by atoms with Gasteiger partial charge in [0.2, 0.25) is 35.5 Å². The molecule has 0 saturated carbocycles. The van der Waals surface area contributed by atoms with Crippen LogP contribution >= 0.6 is 0 Å². The first-order valence-corrected chi connectivity index (χ1v) is 26.0. The van der Waals surface area contributed by atoms with E-state index in [0.29, 0.717) is 57.0 Å². The van der Waals surface area contributed by atoms with Crippen molar-refractivity contribution in [3.63, 3.8) is 0 Å². The molecule has 7 N–H and O–H groups in total. The van der Waals surface area contributed by atoms with Crippen LogP contribution in [0.4, 0.5) is 23.3 Å². The number of likely N-dealkylation sites (N-methyl/N-ethyl adjacent to an activating group) is 1. The van der Waals surface area contributed by atoms with E-state index in [4.69, 9.17) is 30.2 Å². The van der Waals surface area contributed by atoms with Crippen molar-refractivity contribution in [1.82, 2.24) is 45.0 Å². The molecule has 22 nitrogen and oxygen atoms in total. The fourth-order valence-corrected chi connectivity index (χ4v) is 9.52. The van der Waals surface area contributed by atoms with Crippen LogP contribution in [0, 0.1) is 0 Å². The number of hydrogen-bond acceptors (Lipinski definition) is 17. The number of carbonyl (C=O) groups excluding carboxylic acids is 6. The molecule has 9 rings (SSSR count). The lowest BCUT2D eigenvalue weighted by atomic mass is 9.99. The van der Waals surface area contributed by atoms with Gasteiger partial charge in [-0.15, -0.1) is 0 Å². The first-order chi connectivity index (χ1) is 37.3. The summed E-state index contributed by atoms with van der Waals surface area (Å²) in [7, 11) is 1.93. The highest BCUT2D eigenvalue weighted by Crippen LogP contribution is 2.34. The van der Waals surface area contributed by atoms with Crippen molar-refractivity contribution in [3.05, 3.63) is 114 Å². The zero-order valence-corrected chi connectivity index (χ0v) is 43.4. The topological polar surface area (TPSA) is 273 Å². The second-order valence-corrected chi connectivity index (χ2v) is 19.5. The van der Waals surface area contributed by atoms with Gasteiger partial charge in [-0.25, -0.2) is 0 Å². The number of ether oxygens (including phenoxy) is 2. The van der Waals surface area contributed by atoms with Crippen LogP contribution in [-0.2, 0) is 35.2 Å². The van der Waals surface area contributed by atoms with Crippen LogP contribution in [0.15, 0.2) is 91.3 Å². The molecule has 3 aromatic carbocycles. The van der Waals surface area contributed by atoms with Crippen LogP contribution < -0.4 is 37.2 Å². The summed E-state index contributed by atoms with van der Waals surface area (Å²) in [6, 6.07) is 19.7. The van der Waals surface area contributed by atoms with Crippen molar-refractivity contribution in [2.75, 3.05) is 93.6 Å². The standard InChI is InChI=1S/C55H64N14O8/c1-34(2)42-32-61-69-50(42)64-55(67-23-18-37(56)19-24-67)65-54(69)60-31-36-8-4-5-9-39(36)49-40-14-13-38(30-35(40)17-20-58-49)62-45(70)12-7-22-66(3)25-27-77-29-28-76-26-21-57-47(72)33-59-43-11-6-10-41-48(43)53(75)68(52(41)74)44-15-16-46(71)63-51(44)73/h4-14,17,20,30,32,34,37,44,59H,15-16,18-19,21-29,31,33,56H2,1-3H3,(H,57,72)(H,62,70)(H,60,64,65)(H,63,71,73)/b12-7+. The molecule has 6 heterocycles.